The van der Waals surface area contributed by atoms with Crippen LogP contribution in [0.5, 0.6) is 0 Å². The maximum absolute atomic E-state index is 11.3. The van der Waals surface area contributed by atoms with Gasteiger partial charge in [0.1, 0.15) is 6.67 Å². The zero-order valence-electron chi connectivity index (χ0n) is 7.27. The summed E-state index contributed by atoms with van der Waals surface area (Å²) in [6.07, 6.45) is 1.39. The Morgan fingerprint density at radius 2 is 2.50 bits per heavy atom. The minimum atomic E-state index is -0.329. The summed E-state index contributed by atoms with van der Waals surface area (Å²) in [5.41, 5.74) is 0.486. The molecule has 0 aromatic carbocycles. The van der Waals surface area contributed by atoms with E-state index >= 15 is 0 Å². The number of nitrogens with zero attached hydrogens (tertiary/aromatic N) is 3. The number of rotatable bonds is 1. The van der Waals surface area contributed by atoms with Gasteiger partial charge in [-0.1, -0.05) is 0 Å². The minimum Gasteiger partial charge on any atom is -0.390 e. The van der Waals surface area contributed by atoms with Gasteiger partial charge < -0.3 is 10.4 Å². The number of nitrogens with one attached hydrogen (secondary N) is 1. The number of fused-ring (bicyclic) bond motifs is 1. The molecule has 74 valence electrons. The van der Waals surface area contributed by atoms with E-state index in [0.29, 0.717) is 11.5 Å². The molecule has 0 fully saturated rings. The van der Waals surface area contributed by atoms with Gasteiger partial charge in [0.05, 0.1) is 18.5 Å². The number of aromatic nitrogens is 2. The maximum Gasteiger partial charge on any atom is 0.275 e. The van der Waals surface area contributed by atoms with Crippen LogP contribution in [0.25, 0.3) is 0 Å². The third-order valence-corrected chi connectivity index (χ3v) is 1.86. The summed E-state index contributed by atoms with van der Waals surface area (Å²) >= 11 is 0. The third kappa shape index (κ3) is 1.28. The average molecular weight is 195 g/mol. The Kier molecular flexibility index (Phi) is 2.02. The number of carbonyl (C=O) groups excluding carboxylic acids is 1. The van der Waals surface area contributed by atoms with Crippen LogP contribution in [0, 0.1) is 0 Å². The molecular formula is C7H9N5O2. The van der Waals surface area contributed by atoms with E-state index in [1.54, 1.807) is 0 Å². The van der Waals surface area contributed by atoms with Gasteiger partial charge in [0.2, 0.25) is 0 Å². The summed E-state index contributed by atoms with van der Waals surface area (Å²) in [6.45, 7) is -0.0445. The normalized spacial score (nSPS) is 15.0. The van der Waals surface area contributed by atoms with Crippen LogP contribution in [0.1, 0.15) is 16.2 Å². The molecule has 0 atom stereocenters. The Bertz CT molecular complexity index is 380. The molecule has 2 rings (SSSR count). The SMILES string of the molecule is NN1CNC(=O)c2nc(CO)cnc21. The number of hydrazine groups is 1. The van der Waals surface area contributed by atoms with Gasteiger partial charge in [-0.2, -0.15) is 0 Å². The lowest BCUT2D eigenvalue weighted by atomic mass is 10.3. The van der Waals surface area contributed by atoms with E-state index in [0.717, 1.165) is 0 Å². The highest BCUT2D eigenvalue weighted by atomic mass is 16.3. The van der Waals surface area contributed by atoms with E-state index in [2.05, 4.69) is 15.3 Å². The molecule has 4 N–H and O–H groups in total. The van der Waals surface area contributed by atoms with Crippen molar-refractivity contribution in [3.8, 4) is 0 Å². The van der Waals surface area contributed by atoms with Crippen molar-refractivity contribution in [2.75, 3.05) is 11.7 Å². The van der Waals surface area contributed by atoms with Crippen molar-refractivity contribution in [2.45, 2.75) is 6.61 Å². The first-order valence-electron chi connectivity index (χ1n) is 3.99. The number of hydrogen-bond acceptors (Lipinski definition) is 6. The maximum atomic E-state index is 11.3. The fourth-order valence-corrected chi connectivity index (χ4v) is 1.17. The second-order valence-electron chi connectivity index (χ2n) is 2.83. The average Bonchev–Trinajstić information content (AvgIpc) is 2.23. The van der Waals surface area contributed by atoms with Crippen molar-refractivity contribution < 1.29 is 9.90 Å². The highest BCUT2D eigenvalue weighted by Gasteiger charge is 2.23. The molecule has 0 unspecified atom stereocenters. The molecule has 0 saturated carbocycles. The van der Waals surface area contributed by atoms with Gasteiger partial charge in [0, 0.05) is 0 Å². The van der Waals surface area contributed by atoms with Crippen LogP contribution in [0.4, 0.5) is 5.82 Å². The van der Waals surface area contributed by atoms with E-state index in [-0.39, 0.29) is 24.9 Å². The summed E-state index contributed by atoms with van der Waals surface area (Å²) in [5, 5.41) is 12.6. The van der Waals surface area contributed by atoms with Gasteiger partial charge in [-0.15, -0.1) is 0 Å². The fraction of sp³-hybridized carbons (Fsp3) is 0.286. The van der Waals surface area contributed by atoms with Crippen LogP contribution < -0.4 is 16.2 Å². The molecule has 0 saturated heterocycles. The number of aliphatic hydroxyl groups is 1. The van der Waals surface area contributed by atoms with Crippen LogP contribution >= 0.6 is 0 Å². The number of hydrogen-bond donors (Lipinski definition) is 3. The highest BCUT2D eigenvalue weighted by molar-refractivity contribution is 5.98. The third-order valence-electron chi connectivity index (χ3n) is 1.86. The van der Waals surface area contributed by atoms with Crippen LogP contribution in [0.2, 0.25) is 0 Å². The lowest BCUT2D eigenvalue weighted by Crippen LogP contribution is -2.48. The van der Waals surface area contributed by atoms with Gasteiger partial charge in [-0.25, -0.2) is 15.8 Å². The number of anilines is 1. The van der Waals surface area contributed by atoms with Crippen molar-refractivity contribution in [3.05, 3.63) is 17.6 Å². The Labute approximate surface area is 79.5 Å². The number of nitrogens with two attached hydrogens (primary N) is 1. The molecule has 7 heteroatoms. The molecule has 0 aliphatic carbocycles. The Morgan fingerprint density at radius 1 is 1.71 bits per heavy atom. The summed E-state index contributed by atoms with van der Waals surface area (Å²) in [6, 6.07) is 0. The van der Waals surface area contributed by atoms with Crippen molar-refractivity contribution in [3.63, 3.8) is 0 Å². The van der Waals surface area contributed by atoms with E-state index < -0.39 is 0 Å². The van der Waals surface area contributed by atoms with Crippen molar-refractivity contribution in [1.82, 2.24) is 15.3 Å². The molecule has 0 radical (unpaired) electrons. The molecule has 0 spiro atoms. The topological polar surface area (TPSA) is 104 Å². The van der Waals surface area contributed by atoms with Gasteiger partial charge in [-0.05, 0) is 0 Å². The Morgan fingerprint density at radius 3 is 3.21 bits per heavy atom. The number of aliphatic hydroxyl groups excluding tert-OH is 1. The highest BCUT2D eigenvalue weighted by Crippen LogP contribution is 2.15. The van der Waals surface area contributed by atoms with E-state index in [9.17, 15) is 4.79 Å². The first-order chi connectivity index (χ1) is 6.72. The molecule has 0 bridgehead atoms. The molecule has 1 aromatic rings. The summed E-state index contributed by atoms with van der Waals surface area (Å²) in [4.78, 5) is 19.2. The van der Waals surface area contributed by atoms with E-state index in [1.807, 2.05) is 0 Å². The van der Waals surface area contributed by atoms with Crippen LogP contribution in [0.15, 0.2) is 6.20 Å². The molecule has 2 heterocycles. The quantitative estimate of drug-likeness (QED) is 0.464. The molecule has 1 amide bonds. The van der Waals surface area contributed by atoms with Crippen molar-refractivity contribution in [1.29, 1.82) is 0 Å². The summed E-state index contributed by atoms with van der Waals surface area (Å²) in [5.74, 6) is 5.55. The lowest BCUT2D eigenvalue weighted by Gasteiger charge is -2.24. The zero-order chi connectivity index (χ0) is 10.1. The number of carbonyl (C=O) groups is 1. The monoisotopic (exact) mass is 195 g/mol. The van der Waals surface area contributed by atoms with Crippen LogP contribution in [-0.4, -0.2) is 27.7 Å². The fourth-order valence-electron chi connectivity index (χ4n) is 1.17. The number of amides is 1. The summed E-state index contributed by atoms with van der Waals surface area (Å²) in [7, 11) is 0. The van der Waals surface area contributed by atoms with Crippen molar-refractivity contribution >= 4 is 11.7 Å². The second kappa shape index (κ2) is 3.20. The molecule has 14 heavy (non-hydrogen) atoms. The minimum absolute atomic E-state index is 0.144. The molecule has 1 aromatic heterocycles. The van der Waals surface area contributed by atoms with Crippen molar-refractivity contribution in [2.24, 2.45) is 5.84 Å². The first-order valence-corrected chi connectivity index (χ1v) is 3.99. The smallest absolute Gasteiger partial charge is 0.275 e. The lowest BCUT2D eigenvalue weighted by molar-refractivity contribution is 0.0941. The molecule has 7 nitrogen and oxygen atoms in total. The van der Waals surface area contributed by atoms with Gasteiger partial charge in [0.25, 0.3) is 5.91 Å². The molecule has 1 aliphatic heterocycles. The van der Waals surface area contributed by atoms with Gasteiger partial charge >= 0.3 is 0 Å². The molecular weight excluding hydrogens is 186 g/mol. The second-order valence-corrected chi connectivity index (χ2v) is 2.83. The van der Waals surface area contributed by atoms with Gasteiger partial charge in [-0.3, -0.25) is 9.80 Å². The summed E-state index contributed by atoms with van der Waals surface area (Å²) < 4.78 is 0. The zero-order valence-corrected chi connectivity index (χ0v) is 7.27. The van der Waals surface area contributed by atoms with Crippen LogP contribution in [0.3, 0.4) is 0 Å². The van der Waals surface area contributed by atoms with Crippen LogP contribution in [-0.2, 0) is 6.61 Å². The van der Waals surface area contributed by atoms with E-state index in [1.165, 1.54) is 11.2 Å². The standard InChI is InChI=1S/C7H9N5O2/c8-12-3-10-7(14)5-6(12)9-1-4(2-13)11-5/h1,13H,2-3,8H2,(H,10,14). The Balaban J connectivity index is 2.50. The largest absolute Gasteiger partial charge is 0.390 e. The van der Waals surface area contributed by atoms with Gasteiger partial charge in [0.15, 0.2) is 11.5 Å². The Hall–Kier alpha value is -1.73. The predicted octanol–water partition coefficient (Wildman–Crippen LogP) is -1.65. The first kappa shape index (κ1) is 8.85. The predicted molar refractivity (Wildman–Crippen MR) is 47.0 cm³/mol. The van der Waals surface area contributed by atoms with E-state index in [4.69, 9.17) is 10.9 Å². The molecule has 1 aliphatic rings.